The van der Waals surface area contributed by atoms with Gasteiger partial charge in [-0.3, -0.25) is 19.7 Å². The number of likely N-dealkylation sites (tertiary alicyclic amines) is 1. The predicted molar refractivity (Wildman–Crippen MR) is 75.9 cm³/mol. The van der Waals surface area contributed by atoms with Crippen LogP contribution in [0, 0.1) is 16.0 Å². The highest BCUT2D eigenvalue weighted by Crippen LogP contribution is 2.27. The third kappa shape index (κ3) is 3.16. The molecule has 8 heteroatoms. The van der Waals surface area contributed by atoms with Crippen molar-refractivity contribution in [3.05, 3.63) is 33.9 Å². The molecule has 0 aliphatic carbocycles. The van der Waals surface area contributed by atoms with Crippen molar-refractivity contribution in [2.75, 3.05) is 20.2 Å². The summed E-state index contributed by atoms with van der Waals surface area (Å²) in [5, 5.41) is 20.0. The molecule has 1 heterocycles. The summed E-state index contributed by atoms with van der Waals surface area (Å²) in [6.07, 6.45) is 0.692. The molecule has 0 atom stereocenters. The molecule has 0 aromatic heterocycles. The standard InChI is InChI=1S/C14H16N2O6/c1-22-10-2-3-12(16(20)21)11(8-10)13(17)15-6-4-9(5-7-15)14(18)19/h2-3,8-9H,4-7H2,1H3,(H,18,19). The fraction of sp³-hybridized carbons (Fsp3) is 0.429. The van der Waals surface area contributed by atoms with E-state index in [4.69, 9.17) is 9.84 Å². The van der Waals surface area contributed by atoms with E-state index in [-0.39, 0.29) is 24.3 Å². The van der Waals surface area contributed by atoms with E-state index >= 15 is 0 Å². The molecule has 2 rings (SSSR count). The summed E-state index contributed by atoms with van der Waals surface area (Å²) in [5.74, 6) is -1.47. The number of aliphatic carboxylic acids is 1. The van der Waals surface area contributed by atoms with Crippen LogP contribution in [0.5, 0.6) is 5.75 Å². The number of nitro groups is 1. The normalized spacial score (nSPS) is 15.4. The number of carbonyl (C=O) groups is 2. The molecule has 0 saturated carbocycles. The van der Waals surface area contributed by atoms with Crippen LogP contribution in [-0.4, -0.2) is 47.0 Å². The van der Waals surface area contributed by atoms with Crippen LogP contribution in [0.3, 0.4) is 0 Å². The van der Waals surface area contributed by atoms with Crippen molar-refractivity contribution < 1.29 is 24.4 Å². The van der Waals surface area contributed by atoms with Crippen LogP contribution in [0.4, 0.5) is 5.69 Å². The van der Waals surface area contributed by atoms with Crippen LogP contribution in [0.2, 0.25) is 0 Å². The lowest BCUT2D eigenvalue weighted by Crippen LogP contribution is -2.40. The molecule has 1 saturated heterocycles. The van der Waals surface area contributed by atoms with Crippen LogP contribution in [0.1, 0.15) is 23.2 Å². The number of carboxylic acid groups (broad SMARTS) is 1. The van der Waals surface area contributed by atoms with Crippen molar-refractivity contribution in [1.29, 1.82) is 0 Å². The first kappa shape index (κ1) is 15.7. The molecule has 0 unspecified atom stereocenters. The van der Waals surface area contributed by atoms with Gasteiger partial charge in [0.25, 0.3) is 11.6 Å². The quantitative estimate of drug-likeness (QED) is 0.667. The number of hydrogen-bond acceptors (Lipinski definition) is 5. The van der Waals surface area contributed by atoms with Crippen molar-refractivity contribution in [2.45, 2.75) is 12.8 Å². The first-order chi connectivity index (χ1) is 10.4. The number of piperidine rings is 1. The molecule has 0 radical (unpaired) electrons. The van der Waals surface area contributed by atoms with Crippen LogP contribution in [0.25, 0.3) is 0 Å². The molecule has 1 N–H and O–H groups in total. The minimum Gasteiger partial charge on any atom is -0.497 e. The highest BCUT2D eigenvalue weighted by Gasteiger charge is 2.30. The summed E-state index contributed by atoms with van der Waals surface area (Å²) < 4.78 is 5.00. The second-order valence-electron chi connectivity index (χ2n) is 5.04. The van der Waals surface area contributed by atoms with Crippen molar-refractivity contribution in [3.63, 3.8) is 0 Å². The van der Waals surface area contributed by atoms with Gasteiger partial charge in [-0.05, 0) is 25.0 Å². The number of hydrogen-bond donors (Lipinski definition) is 1. The van der Waals surface area contributed by atoms with Crippen LogP contribution in [0.15, 0.2) is 18.2 Å². The van der Waals surface area contributed by atoms with Crippen molar-refractivity contribution >= 4 is 17.6 Å². The Morgan fingerprint density at radius 2 is 2.00 bits per heavy atom. The Hall–Kier alpha value is -2.64. The van der Waals surface area contributed by atoms with Crippen molar-refractivity contribution in [1.82, 2.24) is 4.90 Å². The molecule has 118 valence electrons. The lowest BCUT2D eigenvalue weighted by atomic mass is 9.96. The Bertz CT molecular complexity index is 607. The molecule has 1 aromatic carbocycles. The summed E-state index contributed by atoms with van der Waals surface area (Å²) in [6.45, 7) is 0.536. The molecule has 0 spiro atoms. The van der Waals surface area contributed by atoms with Gasteiger partial charge in [0.1, 0.15) is 11.3 Å². The summed E-state index contributed by atoms with van der Waals surface area (Å²) in [7, 11) is 1.41. The van der Waals surface area contributed by atoms with Gasteiger partial charge in [0, 0.05) is 19.2 Å². The zero-order valence-corrected chi connectivity index (χ0v) is 12.0. The van der Waals surface area contributed by atoms with Gasteiger partial charge in [-0.25, -0.2) is 0 Å². The van der Waals surface area contributed by atoms with Gasteiger partial charge in [-0.15, -0.1) is 0 Å². The highest BCUT2D eigenvalue weighted by molar-refractivity contribution is 5.98. The Morgan fingerprint density at radius 1 is 1.36 bits per heavy atom. The molecular weight excluding hydrogens is 292 g/mol. The minimum absolute atomic E-state index is 0.0434. The van der Waals surface area contributed by atoms with Gasteiger partial charge < -0.3 is 14.7 Å². The number of ether oxygens (including phenoxy) is 1. The van der Waals surface area contributed by atoms with Gasteiger partial charge in [0.2, 0.25) is 0 Å². The maximum Gasteiger partial charge on any atom is 0.306 e. The second-order valence-corrected chi connectivity index (χ2v) is 5.04. The van der Waals surface area contributed by atoms with E-state index in [0.717, 1.165) is 0 Å². The number of benzene rings is 1. The average Bonchev–Trinajstić information content (AvgIpc) is 2.53. The third-order valence-electron chi connectivity index (χ3n) is 3.76. The lowest BCUT2D eigenvalue weighted by molar-refractivity contribution is -0.385. The summed E-state index contributed by atoms with van der Waals surface area (Å²) in [5.41, 5.74) is -0.329. The largest absolute Gasteiger partial charge is 0.497 e. The number of carboxylic acids is 1. The van der Waals surface area contributed by atoms with Gasteiger partial charge >= 0.3 is 5.97 Å². The second kappa shape index (κ2) is 6.42. The van der Waals surface area contributed by atoms with E-state index in [2.05, 4.69) is 0 Å². The zero-order chi connectivity index (χ0) is 16.3. The molecule has 1 fully saturated rings. The number of nitro benzene ring substituents is 1. The smallest absolute Gasteiger partial charge is 0.306 e. The van der Waals surface area contributed by atoms with Gasteiger partial charge in [0.15, 0.2) is 0 Å². The number of rotatable bonds is 4. The lowest BCUT2D eigenvalue weighted by Gasteiger charge is -2.30. The SMILES string of the molecule is COc1ccc([N+](=O)[O-])c(C(=O)N2CCC(C(=O)O)CC2)c1. The third-order valence-corrected chi connectivity index (χ3v) is 3.76. The first-order valence-electron chi connectivity index (χ1n) is 6.78. The monoisotopic (exact) mass is 308 g/mol. The number of carbonyl (C=O) groups excluding carboxylic acids is 1. The average molecular weight is 308 g/mol. The molecule has 0 bridgehead atoms. The fourth-order valence-electron chi connectivity index (χ4n) is 2.47. The van der Waals surface area contributed by atoms with Crippen LogP contribution in [-0.2, 0) is 4.79 Å². The zero-order valence-electron chi connectivity index (χ0n) is 12.0. The molecule has 8 nitrogen and oxygen atoms in total. The van der Waals surface area contributed by atoms with Gasteiger partial charge in [-0.1, -0.05) is 0 Å². The predicted octanol–water partition coefficient (Wildman–Crippen LogP) is 1.54. The van der Waals surface area contributed by atoms with E-state index in [1.165, 1.54) is 30.2 Å². The Morgan fingerprint density at radius 3 is 2.50 bits per heavy atom. The van der Waals surface area contributed by atoms with Crippen LogP contribution >= 0.6 is 0 Å². The minimum atomic E-state index is -0.876. The number of nitrogens with zero attached hydrogens (tertiary/aromatic N) is 2. The van der Waals surface area contributed by atoms with E-state index in [1.807, 2.05) is 0 Å². The Labute approximate surface area is 126 Å². The van der Waals surface area contributed by atoms with Crippen LogP contribution < -0.4 is 4.74 Å². The van der Waals surface area contributed by atoms with Gasteiger partial charge in [-0.2, -0.15) is 0 Å². The van der Waals surface area contributed by atoms with Crippen molar-refractivity contribution in [3.8, 4) is 5.75 Å². The Kier molecular flexibility index (Phi) is 4.59. The van der Waals surface area contributed by atoms with Crippen molar-refractivity contribution in [2.24, 2.45) is 5.92 Å². The first-order valence-corrected chi connectivity index (χ1v) is 6.78. The fourth-order valence-corrected chi connectivity index (χ4v) is 2.47. The van der Waals surface area contributed by atoms with E-state index in [9.17, 15) is 19.7 Å². The molecule has 1 amide bonds. The maximum atomic E-state index is 12.5. The molecule has 1 aliphatic heterocycles. The molecular formula is C14H16N2O6. The molecule has 22 heavy (non-hydrogen) atoms. The summed E-state index contributed by atoms with van der Waals surface area (Å²) >= 11 is 0. The maximum absolute atomic E-state index is 12.5. The topological polar surface area (TPSA) is 110 Å². The van der Waals surface area contributed by atoms with Gasteiger partial charge in [0.05, 0.1) is 18.0 Å². The number of methoxy groups -OCH3 is 1. The molecule has 1 aromatic rings. The summed E-state index contributed by atoms with van der Waals surface area (Å²) in [4.78, 5) is 35.3. The number of amides is 1. The molecule has 1 aliphatic rings. The van der Waals surface area contributed by atoms with E-state index in [1.54, 1.807) is 0 Å². The summed E-state index contributed by atoms with van der Waals surface area (Å²) in [6, 6.07) is 3.99. The van der Waals surface area contributed by atoms with E-state index < -0.39 is 22.7 Å². The Balaban J connectivity index is 2.22. The highest BCUT2D eigenvalue weighted by atomic mass is 16.6. The van der Waals surface area contributed by atoms with E-state index in [0.29, 0.717) is 18.6 Å².